The highest BCUT2D eigenvalue weighted by Crippen LogP contribution is 2.45. The molecule has 162 valence electrons. The molecule has 0 radical (unpaired) electrons. The van der Waals surface area contributed by atoms with Crippen LogP contribution in [0, 0.1) is 0 Å². The summed E-state index contributed by atoms with van der Waals surface area (Å²) in [6.07, 6.45) is 3.63. The molecule has 0 unspecified atom stereocenters. The summed E-state index contributed by atoms with van der Waals surface area (Å²) in [6.45, 7) is -0.384. The van der Waals surface area contributed by atoms with Gasteiger partial charge >= 0.3 is 5.97 Å². The van der Waals surface area contributed by atoms with E-state index in [1.54, 1.807) is 18.1 Å². The second-order valence-electron chi connectivity index (χ2n) is 7.95. The first-order chi connectivity index (χ1) is 15.0. The number of benzene rings is 2. The molecular weight excluding hydrogens is 396 g/mol. The quantitative estimate of drug-likeness (QED) is 0.721. The van der Waals surface area contributed by atoms with Crippen LogP contribution in [0.2, 0.25) is 0 Å². The van der Waals surface area contributed by atoms with Crippen LogP contribution in [0.15, 0.2) is 48.5 Å². The first-order valence-electron chi connectivity index (χ1n) is 10.6. The SMILES string of the molecule is COc1ccc(CCC(=O)OCC(=O)N2c3ccccc3NC(=O)C23CCCC3)cc1. The molecule has 7 nitrogen and oxygen atoms in total. The van der Waals surface area contributed by atoms with Gasteiger partial charge in [-0.2, -0.15) is 0 Å². The van der Waals surface area contributed by atoms with E-state index < -0.39 is 11.5 Å². The number of carbonyl (C=O) groups excluding carboxylic acids is 3. The van der Waals surface area contributed by atoms with Crippen LogP contribution in [-0.4, -0.2) is 37.0 Å². The molecule has 31 heavy (non-hydrogen) atoms. The fourth-order valence-corrected chi connectivity index (χ4v) is 4.45. The van der Waals surface area contributed by atoms with E-state index in [1.165, 1.54) is 0 Å². The number of methoxy groups -OCH3 is 1. The number of rotatable bonds is 6. The summed E-state index contributed by atoms with van der Waals surface area (Å²) in [5.74, 6) is -0.229. The average Bonchev–Trinajstić information content (AvgIpc) is 3.27. The standard InChI is InChI=1S/C24H26N2O5/c1-30-18-11-8-17(9-12-18)10-13-22(28)31-16-21(27)26-20-7-3-2-6-19(20)25-23(29)24(26)14-4-5-15-24/h2-3,6-9,11-12H,4-5,10,13-16H2,1H3,(H,25,29). The molecular formula is C24H26N2O5. The zero-order valence-electron chi connectivity index (χ0n) is 17.6. The molecule has 1 aliphatic carbocycles. The van der Waals surface area contributed by atoms with Crippen molar-refractivity contribution in [1.29, 1.82) is 0 Å². The predicted molar refractivity (Wildman–Crippen MR) is 116 cm³/mol. The Labute approximate surface area is 181 Å². The molecule has 2 aliphatic rings. The summed E-state index contributed by atoms with van der Waals surface area (Å²) in [5, 5.41) is 2.94. The Hall–Kier alpha value is -3.35. The van der Waals surface area contributed by atoms with Gasteiger partial charge in [-0.25, -0.2) is 0 Å². The lowest BCUT2D eigenvalue weighted by Crippen LogP contribution is -2.61. The van der Waals surface area contributed by atoms with Gasteiger partial charge in [-0.05, 0) is 49.1 Å². The van der Waals surface area contributed by atoms with Gasteiger partial charge < -0.3 is 14.8 Å². The first kappa shape index (κ1) is 20.9. The van der Waals surface area contributed by atoms with Crippen molar-refractivity contribution in [3.8, 4) is 5.75 Å². The van der Waals surface area contributed by atoms with E-state index in [4.69, 9.17) is 9.47 Å². The molecule has 0 atom stereocenters. The lowest BCUT2D eigenvalue weighted by molar-refractivity contribution is -0.148. The summed E-state index contributed by atoms with van der Waals surface area (Å²) in [4.78, 5) is 39.9. The van der Waals surface area contributed by atoms with Gasteiger partial charge in [0.15, 0.2) is 6.61 Å². The van der Waals surface area contributed by atoms with Crippen molar-refractivity contribution in [2.45, 2.75) is 44.1 Å². The van der Waals surface area contributed by atoms with E-state index in [0.29, 0.717) is 30.6 Å². The van der Waals surface area contributed by atoms with E-state index in [2.05, 4.69) is 5.32 Å². The minimum Gasteiger partial charge on any atom is -0.497 e. The zero-order valence-corrected chi connectivity index (χ0v) is 17.6. The number of hydrogen-bond donors (Lipinski definition) is 1. The van der Waals surface area contributed by atoms with Crippen molar-refractivity contribution < 1.29 is 23.9 Å². The topological polar surface area (TPSA) is 84.9 Å². The molecule has 7 heteroatoms. The monoisotopic (exact) mass is 422 g/mol. The molecule has 2 aromatic carbocycles. The Morgan fingerprint density at radius 1 is 1.06 bits per heavy atom. The minimum absolute atomic E-state index is 0.164. The third kappa shape index (κ3) is 4.13. The molecule has 0 bridgehead atoms. The normalized spacial score (nSPS) is 16.5. The van der Waals surface area contributed by atoms with Crippen LogP contribution in [0.5, 0.6) is 5.75 Å². The summed E-state index contributed by atoms with van der Waals surface area (Å²) >= 11 is 0. The van der Waals surface area contributed by atoms with Gasteiger partial charge in [0.1, 0.15) is 11.3 Å². The molecule has 1 fully saturated rings. The van der Waals surface area contributed by atoms with Crippen molar-refractivity contribution in [3.63, 3.8) is 0 Å². The second kappa shape index (κ2) is 8.79. The van der Waals surface area contributed by atoms with Gasteiger partial charge in [0, 0.05) is 6.42 Å². The Kier molecular flexibility index (Phi) is 5.93. The van der Waals surface area contributed by atoms with E-state index in [1.807, 2.05) is 42.5 Å². The van der Waals surface area contributed by atoms with Gasteiger partial charge in [-0.3, -0.25) is 19.3 Å². The number of hydrogen-bond acceptors (Lipinski definition) is 5. The smallest absolute Gasteiger partial charge is 0.306 e. The number of nitrogens with zero attached hydrogens (tertiary/aromatic N) is 1. The van der Waals surface area contributed by atoms with E-state index in [-0.39, 0.29) is 24.8 Å². The molecule has 2 aromatic rings. The fraction of sp³-hybridized carbons (Fsp3) is 0.375. The van der Waals surface area contributed by atoms with Crippen molar-refractivity contribution in [2.24, 2.45) is 0 Å². The van der Waals surface area contributed by atoms with Crippen LogP contribution in [-0.2, 0) is 25.5 Å². The molecule has 1 aliphatic heterocycles. The Morgan fingerprint density at radius 2 is 1.77 bits per heavy atom. The minimum atomic E-state index is -0.902. The summed E-state index contributed by atoms with van der Waals surface area (Å²) < 4.78 is 10.4. The van der Waals surface area contributed by atoms with Gasteiger partial charge in [-0.15, -0.1) is 0 Å². The molecule has 1 heterocycles. The number of ether oxygens (including phenoxy) is 2. The summed E-state index contributed by atoms with van der Waals surface area (Å²) in [7, 11) is 1.60. The fourth-order valence-electron chi connectivity index (χ4n) is 4.45. The lowest BCUT2D eigenvalue weighted by Gasteiger charge is -2.44. The van der Waals surface area contributed by atoms with Crippen molar-refractivity contribution >= 4 is 29.2 Å². The largest absolute Gasteiger partial charge is 0.497 e. The number of fused-ring (bicyclic) bond motifs is 1. The molecule has 1 spiro atoms. The Bertz CT molecular complexity index is 980. The molecule has 0 aromatic heterocycles. The van der Waals surface area contributed by atoms with Crippen molar-refractivity contribution in [1.82, 2.24) is 0 Å². The molecule has 4 rings (SSSR count). The maximum absolute atomic E-state index is 13.2. The van der Waals surface area contributed by atoms with Crippen molar-refractivity contribution in [3.05, 3.63) is 54.1 Å². The Balaban J connectivity index is 1.41. The number of nitrogens with one attached hydrogen (secondary N) is 1. The van der Waals surface area contributed by atoms with Crippen LogP contribution in [0.1, 0.15) is 37.7 Å². The molecule has 0 saturated heterocycles. The van der Waals surface area contributed by atoms with E-state index >= 15 is 0 Å². The van der Waals surface area contributed by atoms with Crippen LogP contribution >= 0.6 is 0 Å². The van der Waals surface area contributed by atoms with Gasteiger partial charge in [0.2, 0.25) is 0 Å². The zero-order chi connectivity index (χ0) is 21.8. The van der Waals surface area contributed by atoms with E-state index in [9.17, 15) is 14.4 Å². The van der Waals surface area contributed by atoms with Crippen LogP contribution in [0.4, 0.5) is 11.4 Å². The average molecular weight is 422 g/mol. The maximum atomic E-state index is 13.2. The van der Waals surface area contributed by atoms with Gasteiger partial charge in [0.05, 0.1) is 18.5 Å². The number of esters is 1. The highest BCUT2D eigenvalue weighted by atomic mass is 16.5. The van der Waals surface area contributed by atoms with E-state index in [0.717, 1.165) is 24.2 Å². The maximum Gasteiger partial charge on any atom is 0.306 e. The predicted octanol–water partition coefficient (Wildman–Crippen LogP) is 3.47. The van der Waals surface area contributed by atoms with Crippen LogP contribution < -0.4 is 15.0 Å². The Morgan fingerprint density at radius 3 is 2.48 bits per heavy atom. The molecule has 1 saturated carbocycles. The first-order valence-corrected chi connectivity index (χ1v) is 10.6. The highest BCUT2D eigenvalue weighted by Gasteiger charge is 2.52. The lowest BCUT2D eigenvalue weighted by atomic mass is 9.90. The summed E-state index contributed by atoms with van der Waals surface area (Å²) in [6, 6.07) is 14.7. The number of carbonyl (C=O) groups is 3. The third-order valence-electron chi connectivity index (χ3n) is 6.06. The number of para-hydroxylation sites is 2. The van der Waals surface area contributed by atoms with Crippen LogP contribution in [0.3, 0.4) is 0 Å². The molecule has 1 N–H and O–H groups in total. The van der Waals surface area contributed by atoms with Crippen LogP contribution in [0.25, 0.3) is 0 Å². The number of aryl methyl sites for hydroxylation is 1. The van der Waals surface area contributed by atoms with Crippen molar-refractivity contribution in [2.75, 3.05) is 23.9 Å². The second-order valence-corrected chi connectivity index (χ2v) is 7.95. The highest BCUT2D eigenvalue weighted by molar-refractivity contribution is 6.15. The van der Waals surface area contributed by atoms with Gasteiger partial charge in [-0.1, -0.05) is 37.1 Å². The number of anilines is 2. The van der Waals surface area contributed by atoms with Gasteiger partial charge in [0.25, 0.3) is 11.8 Å². The third-order valence-corrected chi connectivity index (χ3v) is 6.06. The molecule has 2 amide bonds. The summed E-state index contributed by atoms with van der Waals surface area (Å²) in [5.41, 5.74) is 1.34. The number of amides is 2.